The van der Waals surface area contributed by atoms with Gasteiger partial charge in [-0.15, -0.1) is 0 Å². The molecular weight excluding hydrogens is 336 g/mol. The monoisotopic (exact) mass is 353 g/mol. The highest BCUT2D eigenvalue weighted by atomic mass is 35.5. The molecule has 0 saturated heterocycles. The van der Waals surface area contributed by atoms with E-state index in [9.17, 15) is 13.6 Å². The summed E-state index contributed by atoms with van der Waals surface area (Å²) >= 11 is 6.19. The van der Waals surface area contributed by atoms with Crippen LogP contribution in [0, 0.1) is 6.92 Å². The van der Waals surface area contributed by atoms with E-state index >= 15 is 0 Å². The summed E-state index contributed by atoms with van der Waals surface area (Å²) in [6.45, 7) is 1.75. The summed E-state index contributed by atoms with van der Waals surface area (Å²) in [5.74, 6) is -0.0523. The van der Waals surface area contributed by atoms with Crippen LogP contribution in [-0.4, -0.2) is 13.0 Å². The number of alkyl halides is 2. The molecule has 2 aromatic carbocycles. The van der Waals surface area contributed by atoms with Gasteiger partial charge in [-0.3, -0.25) is 4.79 Å². The van der Waals surface area contributed by atoms with E-state index in [4.69, 9.17) is 16.3 Å². The minimum atomic E-state index is -2.63. The third-order valence-corrected chi connectivity index (χ3v) is 3.97. The maximum atomic E-state index is 13.2. The zero-order valence-corrected chi connectivity index (χ0v) is 14.2. The Balaban J connectivity index is 2.25. The highest BCUT2D eigenvalue weighted by molar-refractivity contribution is 6.31. The summed E-state index contributed by atoms with van der Waals surface area (Å²) in [6.07, 6.45) is -2.48. The van der Waals surface area contributed by atoms with Gasteiger partial charge in [0.2, 0.25) is 5.91 Å². The summed E-state index contributed by atoms with van der Waals surface area (Å²) in [5.41, 5.74) is 1.89. The maximum Gasteiger partial charge on any atom is 0.267 e. The van der Waals surface area contributed by atoms with Gasteiger partial charge in [-0.25, -0.2) is 8.78 Å². The van der Waals surface area contributed by atoms with E-state index in [-0.39, 0.29) is 30.2 Å². The largest absolute Gasteiger partial charge is 0.488 e. The average molecular weight is 354 g/mol. The smallest absolute Gasteiger partial charge is 0.267 e. The Bertz CT molecular complexity index is 735. The second kappa shape index (κ2) is 8.11. The van der Waals surface area contributed by atoms with Gasteiger partial charge in [0.15, 0.2) is 0 Å². The van der Waals surface area contributed by atoms with Crippen LogP contribution in [0.15, 0.2) is 36.4 Å². The maximum absolute atomic E-state index is 13.2. The third kappa shape index (κ3) is 4.45. The fraction of sp³-hybridized carbons (Fsp3) is 0.278. The summed E-state index contributed by atoms with van der Waals surface area (Å²) < 4.78 is 31.9. The minimum absolute atomic E-state index is 0.00871. The minimum Gasteiger partial charge on any atom is -0.488 e. The van der Waals surface area contributed by atoms with E-state index in [0.29, 0.717) is 16.1 Å². The van der Waals surface area contributed by atoms with Crippen molar-refractivity contribution in [3.8, 4) is 5.75 Å². The molecule has 0 unspecified atom stereocenters. The highest BCUT2D eigenvalue weighted by Gasteiger charge is 2.16. The lowest BCUT2D eigenvalue weighted by atomic mass is 10.0. The Morgan fingerprint density at radius 2 is 2.04 bits per heavy atom. The molecule has 1 N–H and O–H groups in total. The number of amides is 1. The van der Waals surface area contributed by atoms with Crippen LogP contribution in [0.5, 0.6) is 5.75 Å². The number of rotatable bonds is 6. The van der Waals surface area contributed by atoms with E-state index < -0.39 is 6.43 Å². The quantitative estimate of drug-likeness (QED) is 0.833. The van der Waals surface area contributed by atoms with Crippen LogP contribution >= 0.6 is 11.6 Å². The molecule has 2 aromatic rings. The van der Waals surface area contributed by atoms with Crippen LogP contribution in [0.2, 0.25) is 5.02 Å². The average Bonchev–Trinajstić information content (AvgIpc) is 2.55. The zero-order valence-electron chi connectivity index (χ0n) is 13.4. The van der Waals surface area contributed by atoms with Crippen molar-refractivity contribution < 1.29 is 18.3 Å². The number of halogens is 3. The Hall–Kier alpha value is -2.14. The highest BCUT2D eigenvalue weighted by Crippen LogP contribution is 2.31. The molecule has 128 valence electrons. The topological polar surface area (TPSA) is 38.3 Å². The fourth-order valence-electron chi connectivity index (χ4n) is 2.31. The van der Waals surface area contributed by atoms with Crippen LogP contribution in [-0.2, 0) is 17.8 Å². The van der Waals surface area contributed by atoms with Gasteiger partial charge in [0, 0.05) is 17.6 Å². The first-order valence-electron chi connectivity index (χ1n) is 7.40. The number of nitrogens with one attached hydrogen (secondary N) is 1. The van der Waals surface area contributed by atoms with Gasteiger partial charge in [-0.05, 0) is 30.7 Å². The van der Waals surface area contributed by atoms with Crippen molar-refractivity contribution >= 4 is 17.5 Å². The van der Waals surface area contributed by atoms with Crippen LogP contribution in [0.4, 0.5) is 8.78 Å². The molecule has 0 atom stereocenters. The van der Waals surface area contributed by atoms with E-state index in [0.717, 1.165) is 5.56 Å². The van der Waals surface area contributed by atoms with Crippen molar-refractivity contribution in [3.05, 3.63) is 63.7 Å². The number of hydrogen-bond acceptors (Lipinski definition) is 2. The van der Waals surface area contributed by atoms with Crippen LogP contribution in [0.1, 0.15) is 28.7 Å². The molecule has 1 amide bonds. The Kier molecular flexibility index (Phi) is 6.15. The van der Waals surface area contributed by atoms with Crippen LogP contribution < -0.4 is 10.1 Å². The zero-order chi connectivity index (χ0) is 17.7. The van der Waals surface area contributed by atoms with Crippen molar-refractivity contribution in [2.45, 2.75) is 26.4 Å². The standard InChI is InChI=1S/C18H18ClF2NO2/c1-11-6-7-16(13(8-11)18(20)21)24-10-14-12(9-17(23)22-2)4-3-5-15(14)19/h3-8,18H,9-10H2,1-2H3,(H,22,23). The van der Waals surface area contributed by atoms with Crippen molar-refractivity contribution in [1.29, 1.82) is 0 Å². The molecule has 0 aromatic heterocycles. The molecular formula is C18H18ClF2NO2. The van der Waals surface area contributed by atoms with Gasteiger partial charge >= 0.3 is 0 Å². The van der Waals surface area contributed by atoms with E-state index in [1.807, 2.05) is 0 Å². The van der Waals surface area contributed by atoms with Gasteiger partial charge in [-0.2, -0.15) is 0 Å². The molecule has 0 aliphatic carbocycles. The summed E-state index contributed by atoms with van der Waals surface area (Å²) in [7, 11) is 1.55. The number of ether oxygens (including phenoxy) is 1. The summed E-state index contributed by atoms with van der Waals surface area (Å²) in [4.78, 5) is 11.6. The first-order valence-corrected chi connectivity index (χ1v) is 7.78. The molecule has 0 bridgehead atoms. The molecule has 3 nitrogen and oxygen atoms in total. The Morgan fingerprint density at radius 3 is 2.71 bits per heavy atom. The molecule has 0 spiro atoms. The molecule has 0 radical (unpaired) electrons. The van der Waals surface area contributed by atoms with Crippen molar-refractivity contribution in [2.24, 2.45) is 0 Å². The van der Waals surface area contributed by atoms with Gasteiger partial charge in [-0.1, -0.05) is 35.4 Å². The lowest BCUT2D eigenvalue weighted by Gasteiger charge is -2.15. The first-order chi connectivity index (χ1) is 11.4. The Labute approximate surface area is 144 Å². The van der Waals surface area contributed by atoms with E-state index in [1.165, 1.54) is 12.1 Å². The third-order valence-electron chi connectivity index (χ3n) is 3.62. The van der Waals surface area contributed by atoms with Crippen LogP contribution in [0.3, 0.4) is 0 Å². The summed E-state index contributed by atoms with van der Waals surface area (Å²) in [6, 6.07) is 9.81. The lowest BCUT2D eigenvalue weighted by Crippen LogP contribution is -2.21. The van der Waals surface area contributed by atoms with Crippen LogP contribution in [0.25, 0.3) is 0 Å². The van der Waals surface area contributed by atoms with E-state index in [2.05, 4.69) is 5.32 Å². The van der Waals surface area contributed by atoms with E-state index in [1.54, 1.807) is 38.2 Å². The van der Waals surface area contributed by atoms with Crippen molar-refractivity contribution in [2.75, 3.05) is 7.05 Å². The molecule has 0 saturated carbocycles. The predicted molar refractivity (Wildman–Crippen MR) is 89.7 cm³/mol. The first kappa shape index (κ1) is 18.2. The normalized spacial score (nSPS) is 10.8. The number of hydrogen-bond donors (Lipinski definition) is 1. The molecule has 0 aliphatic heterocycles. The molecule has 0 fully saturated rings. The lowest BCUT2D eigenvalue weighted by molar-refractivity contribution is -0.119. The van der Waals surface area contributed by atoms with Crippen molar-refractivity contribution in [1.82, 2.24) is 5.32 Å². The summed E-state index contributed by atoms with van der Waals surface area (Å²) in [5, 5.41) is 2.97. The van der Waals surface area contributed by atoms with Gasteiger partial charge in [0.25, 0.3) is 6.43 Å². The molecule has 2 rings (SSSR count). The van der Waals surface area contributed by atoms with Crippen molar-refractivity contribution in [3.63, 3.8) is 0 Å². The SMILES string of the molecule is CNC(=O)Cc1cccc(Cl)c1COc1ccc(C)cc1C(F)F. The molecule has 24 heavy (non-hydrogen) atoms. The molecule has 0 aliphatic rings. The van der Waals surface area contributed by atoms with Gasteiger partial charge in [0.1, 0.15) is 12.4 Å². The number of carbonyl (C=O) groups excluding carboxylic acids is 1. The molecule has 6 heteroatoms. The van der Waals surface area contributed by atoms with Gasteiger partial charge < -0.3 is 10.1 Å². The molecule has 0 heterocycles. The number of aryl methyl sites for hydroxylation is 1. The van der Waals surface area contributed by atoms with Gasteiger partial charge in [0.05, 0.1) is 12.0 Å². The number of likely N-dealkylation sites (N-methyl/N-ethyl adjacent to an activating group) is 1. The number of carbonyl (C=O) groups is 1. The second-order valence-corrected chi connectivity index (χ2v) is 5.77. The fourth-order valence-corrected chi connectivity index (χ4v) is 2.56. The second-order valence-electron chi connectivity index (χ2n) is 5.36. The number of benzene rings is 2. The predicted octanol–water partition coefficient (Wildman–Crippen LogP) is 4.45. The Morgan fingerprint density at radius 1 is 1.29 bits per heavy atom.